The number of aryl methyl sites for hydroxylation is 2. The number of aromatic nitrogens is 2. The predicted octanol–water partition coefficient (Wildman–Crippen LogP) is 2.47. The van der Waals surface area contributed by atoms with E-state index in [1.165, 1.54) is 10.4 Å². The van der Waals surface area contributed by atoms with E-state index < -0.39 is 0 Å². The Bertz CT molecular complexity index is 536. The molecule has 0 bridgehead atoms. The van der Waals surface area contributed by atoms with Crippen LogP contribution in [-0.4, -0.2) is 23.2 Å². The van der Waals surface area contributed by atoms with Gasteiger partial charge >= 0.3 is 0 Å². The predicted molar refractivity (Wildman–Crippen MR) is 71.5 cm³/mol. The maximum absolute atomic E-state index is 5.99. The standard InChI is InChI=1S/C12H17N3OS/c1-4-16-6-5-9-14-11(13)10-7(2)8(3)17-12(10)15-9/h4-6H2,1-3H3,(H2,13,14,15). The van der Waals surface area contributed by atoms with E-state index in [-0.39, 0.29) is 0 Å². The highest BCUT2D eigenvalue weighted by atomic mass is 32.1. The Hall–Kier alpha value is -1.20. The number of ether oxygens (including phenoxy) is 1. The molecule has 5 heteroatoms. The van der Waals surface area contributed by atoms with Crippen LogP contribution in [0.5, 0.6) is 0 Å². The summed E-state index contributed by atoms with van der Waals surface area (Å²) in [7, 11) is 0. The lowest BCUT2D eigenvalue weighted by atomic mass is 10.2. The third kappa shape index (κ3) is 2.40. The highest BCUT2D eigenvalue weighted by Gasteiger charge is 2.12. The number of nitrogen functional groups attached to an aromatic ring is 1. The van der Waals surface area contributed by atoms with Crippen LogP contribution in [-0.2, 0) is 11.2 Å². The van der Waals surface area contributed by atoms with Gasteiger partial charge in [-0.25, -0.2) is 9.97 Å². The van der Waals surface area contributed by atoms with Crippen molar-refractivity contribution in [2.75, 3.05) is 18.9 Å². The van der Waals surface area contributed by atoms with Gasteiger partial charge in [-0.1, -0.05) is 0 Å². The number of hydrogen-bond donors (Lipinski definition) is 1. The zero-order valence-electron chi connectivity index (χ0n) is 10.4. The molecule has 0 saturated heterocycles. The molecule has 0 aliphatic heterocycles. The fourth-order valence-electron chi connectivity index (χ4n) is 1.75. The third-order valence-corrected chi connectivity index (χ3v) is 3.88. The van der Waals surface area contributed by atoms with Gasteiger partial charge in [0.05, 0.1) is 12.0 Å². The molecule has 0 atom stereocenters. The van der Waals surface area contributed by atoms with Crippen LogP contribution in [0.3, 0.4) is 0 Å². The van der Waals surface area contributed by atoms with Crippen LogP contribution < -0.4 is 5.73 Å². The summed E-state index contributed by atoms with van der Waals surface area (Å²) in [5, 5.41) is 1.01. The maximum Gasteiger partial charge on any atom is 0.136 e. The molecule has 0 unspecified atom stereocenters. The van der Waals surface area contributed by atoms with Gasteiger partial charge in [0.25, 0.3) is 0 Å². The van der Waals surface area contributed by atoms with Gasteiger partial charge in [-0.2, -0.15) is 0 Å². The van der Waals surface area contributed by atoms with Gasteiger partial charge in [0.15, 0.2) is 0 Å². The van der Waals surface area contributed by atoms with E-state index in [1.807, 2.05) is 6.92 Å². The van der Waals surface area contributed by atoms with Crippen molar-refractivity contribution in [2.24, 2.45) is 0 Å². The van der Waals surface area contributed by atoms with Crippen LogP contribution in [0.4, 0.5) is 5.82 Å². The molecule has 0 aliphatic carbocycles. The van der Waals surface area contributed by atoms with E-state index in [0.717, 1.165) is 22.6 Å². The molecule has 17 heavy (non-hydrogen) atoms. The monoisotopic (exact) mass is 251 g/mol. The molecule has 0 amide bonds. The minimum absolute atomic E-state index is 0.586. The number of fused-ring (bicyclic) bond motifs is 1. The number of nitrogens with two attached hydrogens (primary N) is 1. The van der Waals surface area contributed by atoms with Crippen LogP contribution in [0.1, 0.15) is 23.2 Å². The van der Waals surface area contributed by atoms with Crippen LogP contribution in [0.15, 0.2) is 0 Å². The van der Waals surface area contributed by atoms with E-state index in [1.54, 1.807) is 11.3 Å². The molecule has 2 aromatic heterocycles. The highest BCUT2D eigenvalue weighted by Crippen LogP contribution is 2.31. The first-order valence-electron chi connectivity index (χ1n) is 5.73. The summed E-state index contributed by atoms with van der Waals surface area (Å²) in [6, 6.07) is 0. The van der Waals surface area contributed by atoms with Gasteiger partial charge in [-0.3, -0.25) is 0 Å². The number of hydrogen-bond acceptors (Lipinski definition) is 5. The van der Waals surface area contributed by atoms with Crippen LogP contribution in [0.2, 0.25) is 0 Å². The van der Waals surface area contributed by atoms with Crippen molar-refractivity contribution in [3.63, 3.8) is 0 Å². The van der Waals surface area contributed by atoms with E-state index >= 15 is 0 Å². The summed E-state index contributed by atoms with van der Waals surface area (Å²) in [5.74, 6) is 1.35. The molecule has 0 aliphatic rings. The van der Waals surface area contributed by atoms with Crippen molar-refractivity contribution in [3.05, 3.63) is 16.3 Å². The topological polar surface area (TPSA) is 61.0 Å². The van der Waals surface area contributed by atoms with E-state index in [0.29, 0.717) is 18.8 Å². The Kier molecular flexibility index (Phi) is 3.59. The lowest BCUT2D eigenvalue weighted by Crippen LogP contribution is -2.04. The summed E-state index contributed by atoms with van der Waals surface area (Å²) < 4.78 is 5.30. The Balaban J connectivity index is 2.35. The summed E-state index contributed by atoms with van der Waals surface area (Å²) >= 11 is 1.67. The Morgan fingerprint density at radius 1 is 1.29 bits per heavy atom. The van der Waals surface area contributed by atoms with Crippen LogP contribution in [0, 0.1) is 13.8 Å². The summed E-state index contributed by atoms with van der Waals surface area (Å²) in [6.45, 7) is 7.48. The Morgan fingerprint density at radius 2 is 2.06 bits per heavy atom. The van der Waals surface area contributed by atoms with Gasteiger partial charge < -0.3 is 10.5 Å². The summed E-state index contributed by atoms with van der Waals surface area (Å²) in [6.07, 6.45) is 0.712. The molecular formula is C12H17N3OS. The zero-order chi connectivity index (χ0) is 12.4. The van der Waals surface area contributed by atoms with Crippen molar-refractivity contribution in [3.8, 4) is 0 Å². The van der Waals surface area contributed by atoms with Gasteiger partial charge in [0, 0.05) is 17.9 Å². The molecule has 2 N–H and O–H groups in total. The minimum Gasteiger partial charge on any atom is -0.383 e. The molecule has 0 fully saturated rings. The SMILES string of the molecule is CCOCCc1nc(N)c2c(C)c(C)sc2n1. The zero-order valence-corrected chi connectivity index (χ0v) is 11.2. The quantitative estimate of drug-likeness (QED) is 0.848. The molecule has 92 valence electrons. The fraction of sp³-hybridized carbons (Fsp3) is 0.500. The number of rotatable bonds is 4. The van der Waals surface area contributed by atoms with E-state index in [9.17, 15) is 0 Å². The second kappa shape index (κ2) is 4.98. The normalized spacial score (nSPS) is 11.2. The first-order valence-corrected chi connectivity index (χ1v) is 6.55. The van der Waals surface area contributed by atoms with E-state index in [2.05, 4.69) is 23.8 Å². The lowest BCUT2D eigenvalue weighted by molar-refractivity contribution is 0.149. The van der Waals surface area contributed by atoms with Crippen molar-refractivity contribution in [2.45, 2.75) is 27.2 Å². The first-order chi connectivity index (χ1) is 8.13. The molecule has 2 aromatic rings. The van der Waals surface area contributed by atoms with Crippen LogP contribution in [0.25, 0.3) is 10.2 Å². The smallest absolute Gasteiger partial charge is 0.136 e. The van der Waals surface area contributed by atoms with Crippen molar-refractivity contribution in [1.29, 1.82) is 0 Å². The molecular weight excluding hydrogens is 234 g/mol. The second-order valence-electron chi connectivity index (χ2n) is 3.94. The van der Waals surface area contributed by atoms with Crippen molar-refractivity contribution >= 4 is 27.4 Å². The lowest BCUT2D eigenvalue weighted by Gasteiger charge is -2.03. The maximum atomic E-state index is 5.99. The van der Waals surface area contributed by atoms with Gasteiger partial charge in [0.2, 0.25) is 0 Å². The average molecular weight is 251 g/mol. The summed E-state index contributed by atoms with van der Waals surface area (Å²) in [4.78, 5) is 11.1. The van der Waals surface area contributed by atoms with Crippen LogP contribution >= 0.6 is 11.3 Å². The van der Waals surface area contributed by atoms with Crippen molar-refractivity contribution in [1.82, 2.24) is 9.97 Å². The molecule has 0 radical (unpaired) electrons. The molecule has 0 aromatic carbocycles. The molecule has 0 spiro atoms. The molecule has 4 nitrogen and oxygen atoms in total. The Labute approximate surface area is 105 Å². The second-order valence-corrected chi connectivity index (χ2v) is 5.14. The fourth-order valence-corrected chi connectivity index (χ4v) is 2.80. The van der Waals surface area contributed by atoms with Gasteiger partial charge in [0.1, 0.15) is 16.5 Å². The average Bonchev–Trinajstić information content (AvgIpc) is 2.55. The number of thiophene rings is 1. The number of nitrogens with zero attached hydrogens (tertiary/aromatic N) is 2. The van der Waals surface area contributed by atoms with Gasteiger partial charge in [-0.15, -0.1) is 11.3 Å². The Morgan fingerprint density at radius 3 is 2.76 bits per heavy atom. The highest BCUT2D eigenvalue weighted by molar-refractivity contribution is 7.18. The molecule has 2 heterocycles. The summed E-state index contributed by atoms with van der Waals surface area (Å²) in [5.41, 5.74) is 7.18. The largest absolute Gasteiger partial charge is 0.383 e. The number of anilines is 1. The molecule has 2 rings (SSSR count). The van der Waals surface area contributed by atoms with Gasteiger partial charge in [-0.05, 0) is 26.3 Å². The minimum atomic E-state index is 0.586. The first kappa shape index (κ1) is 12.3. The third-order valence-electron chi connectivity index (χ3n) is 2.78. The molecule has 0 saturated carbocycles. The van der Waals surface area contributed by atoms with Crippen molar-refractivity contribution < 1.29 is 4.74 Å². The van der Waals surface area contributed by atoms with E-state index in [4.69, 9.17) is 10.5 Å².